The Kier molecular flexibility index (Phi) is 7.31. The third kappa shape index (κ3) is 6.04. The number of benzene rings is 1. The second kappa shape index (κ2) is 9.47. The lowest BCUT2D eigenvalue weighted by molar-refractivity contribution is -0.146. The summed E-state index contributed by atoms with van der Waals surface area (Å²) in [5, 5.41) is 5.10. The van der Waals surface area contributed by atoms with Crippen LogP contribution in [0.15, 0.2) is 18.2 Å². The second-order valence-electron chi connectivity index (χ2n) is 5.63. The highest BCUT2D eigenvalue weighted by Gasteiger charge is 2.33. The Bertz CT molecular complexity index is 719. The number of amides is 2. The summed E-state index contributed by atoms with van der Waals surface area (Å²) in [5.74, 6) is -1.60. The summed E-state index contributed by atoms with van der Waals surface area (Å²) < 4.78 is 33.3. The number of alkyl halides is 2. The number of piperazine rings is 1. The number of ether oxygens (including phenoxy) is 2. The molecule has 2 N–H and O–H groups in total. The molecular weight excluding hydrogens is 388 g/mol. The van der Waals surface area contributed by atoms with E-state index in [4.69, 9.17) is 11.6 Å². The number of hydrogen-bond acceptors (Lipinski definition) is 6. The lowest BCUT2D eigenvalue weighted by Crippen LogP contribution is -2.57. The smallest absolute Gasteiger partial charge is 0.387 e. The zero-order valence-electron chi connectivity index (χ0n) is 14.3. The SMILES string of the molecule is COC(=O)CC1C(=O)NCCN1CC(=O)Nc1ccc(OC(F)F)c(Cl)c1. The van der Waals surface area contributed by atoms with Crippen LogP contribution in [-0.2, 0) is 19.1 Å². The van der Waals surface area contributed by atoms with Gasteiger partial charge in [-0.2, -0.15) is 8.78 Å². The van der Waals surface area contributed by atoms with Gasteiger partial charge in [-0.05, 0) is 18.2 Å². The van der Waals surface area contributed by atoms with Crippen LogP contribution in [0.2, 0.25) is 5.02 Å². The molecule has 0 radical (unpaired) electrons. The molecule has 1 aliphatic rings. The molecule has 148 valence electrons. The van der Waals surface area contributed by atoms with E-state index < -0.39 is 24.5 Å². The molecule has 1 fully saturated rings. The molecule has 8 nitrogen and oxygen atoms in total. The van der Waals surface area contributed by atoms with Gasteiger partial charge in [0, 0.05) is 18.8 Å². The van der Waals surface area contributed by atoms with Crippen LogP contribution in [-0.4, -0.2) is 62.1 Å². The third-order valence-corrected chi connectivity index (χ3v) is 4.10. The van der Waals surface area contributed by atoms with Crippen molar-refractivity contribution in [3.8, 4) is 5.75 Å². The van der Waals surface area contributed by atoms with Crippen LogP contribution in [0.5, 0.6) is 5.75 Å². The Morgan fingerprint density at radius 2 is 2.19 bits per heavy atom. The fraction of sp³-hybridized carbons (Fsp3) is 0.438. The number of esters is 1. The Hall–Kier alpha value is -2.46. The highest BCUT2D eigenvalue weighted by Crippen LogP contribution is 2.29. The third-order valence-electron chi connectivity index (χ3n) is 3.81. The number of hydrogen-bond donors (Lipinski definition) is 2. The monoisotopic (exact) mass is 405 g/mol. The highest BCUT2D eigenvalue weighted by molar-refractivity contribution is 6.32. The van der Waals surface area contributed by atoms with Gasteiger partial charge in [-0.1, -0.05) is 11.6 Å². The van der Waals surface area contributed by atoms with Gasteiger partial charge in [-0.15, -0.1) is 0 Å². The molecule has 2 amide bonds. The summed E-state index contributed by atoms with van der Waals surface area (Å²) in [7, 11) is 1.21. The topological polar surface area (TPSA) is 97.0 Å². The van der Waals surface area contributed by atoms with Crippen LogP contribution >= 0.6 is 11.6 Å². The Morgan fingerprint density at radius 3 is 2.81 bits per heavy atom. The number of anilines is 1. The lowest BCUT2D eigenvalue weighted by atomic mass is 10.1. The minimum absolute atomic E-state index is 0.0889. The van der Waals surface area contributed by atoms with Gasteiger partial charge in [0.2, 0.25) is 11.8 Å². The number of rotatable bonds is 7. The molecule has 1 aromatic rings. The Balaban J connectivity index is 2.00. The molecule has 1 heterocycles. The van der Waals surface area contributed by atoms with Crippen LogP contribution in [0.4, 0.5) is 14.5 Å². The van der Waals surface area contributed by atoms with E-state index in [1.165, 1.54) is 25.3 Å². The van der Waals surface area contributed by atoms with Crippen molar-refractivity contribution in [2.24, 2.45) is 0 Å². The van der Waals surface area contributed by atoms with Gasteiger partial charge >= 0.3 is 12.6 Å². The number of halogens is 3. The van der Waals surface area contributed by atoms with Gasteiger partial charge in [0.1, 0.15) is 11.8 Å². The molecule has 0 aliphatic carbocycles. The molecule has 11 heteroatoms. The summed E-state index contributed by atoms with van der Waals surface area (Å²) in [6, 6.07) is 3.02. The fourth-order valence-electron chi connectivity index (χ4n) is 2.57. The van der Waals surface area contributed by atoms with E-state index in [-0.39, 0.29) is 35.3 Å². The minimum Gasteiger partial charge on any atom is -0.469 e. The van der Waals surface area contributed by atoms with E-state index in [1.807, 2.05) is 0 Å². The van der Waals surface area contributed by atoms with Crippen LogP contribution in [0, 0.1) is 0 Å². The van der Waals surface area contributed by atoms with Crippen LogP contribution < -0.4 is 15.4 Å². The van der Waals surface area contributed by atoms with Crippen LogP contribution in [0.1, 0.15) is 6.42 Å². The summed E-state index contributed by atoms with van der Waals surface area (Å²) in [4.78, 5) is 37.3. The molecule has 0 saturated carbocycles. The largest absolute Gasteiger partial charge is 0.469 e. The van der Waals surface area contributed by atoms with Gasteiger partial charge in [-0.3, -0.25) is 19.3 Å². The average molecular weight is 406 g/mol. The molecule has 27 heavy (non-hydrogen) atoms. The van der Waals surface area contributed by atoms with Gasteiger partial charge in [0.05, 0.1) is 25.1 Å². The van der Waals surface area contributed by atoms with E-state index in [0.29, 0.717) is 13.1 Å². The molecule has 1 unspecified atom stereocenters. The maximum absolute atomic E-state index is 12.3. The van der Waals surface area contributed by atoms with Crippen molar-refractivity contribution in [2.45, 2.75) is 19.1 Å². The molecule has 1 atom stereocenters. The van der Waals surface area contributed by atoms with Crippen molar-refractivity contribution in [2.75, 3.05) is 32.1 Å². The zero-order valence-corrected chi connectivity index (χ0v) is 15.1. The van der Waals surface area contributed by atoms with Gasteiger partial charge < -0.3 is 20.1 Å². The standard InChI is InChI=1S/C16H18ClF2N3O5/c1-26-14(24)7-11-15(25)20-4-5-22(11)8-13(23)21-9-2-3-12(10(17)6-9)27-16(18)19/h2-3,6,11,16H,4-5,7-8H2,1H3,(H,20,25)(H,21,23). The van der Waals surface area contributed by atoms with Gasteiger partial charge in [0.15, 0.2) is 0 Å². The summed E-state index contributed by atoms with van der Waals surface area (Å²) in [6.07, 6.45) is -0.179. The van der Waals surface area contributed by atoms with E-state index in [0.717, 1.165) is 0 Å². The maximum atomic E-state index is 12.3. The predicted molar refractivity (Wildman–Crippen MR) is 91.7 cm³/mol. The molecule has 1 aliphatic heterocycles. The molecule has 0 bridgehead atoms. The number of methoxy groups -OCH3 is 1. The maximum Gasteiger partial charge on any atom is 0.387 e. The first-order valence-electron chi connectivity index (χ1n) is 7.93. The first-order chi connectivity index (χ1) is 12.8. The summed E-state index contributed by atoms with van der Waals surface area (Å²) in [6.45, 7) is -2.44. The fourth-order valence-corrected chi connectivity index (χ4v) is 2.79. The number of nitrogens with one attached hydrogen (secondary N) is 2. The number of carbonyl (C=O) groups excluding carboxylic acids is 3. The molecule has 0 spiro atoms. The van der Waals surface area contributed by atoms with Crippen molar-refractivity contribution in [3.63, 3.8) is 0 Å². The number of nitrogens with zero attached hydrogens (tertiary/aromatic N) is 1. The molecule has 2 rings (SSSR count). The summed E-state index contributed by atoms with van der Waals surface area (Å²) >= 11 is 5.84. The average Bonchev–Trinajstić information content (AvgIpc) is 2.59. The zero-order chi connectivity index (χ0) is 20.0. The second-order valence-corrected chi connectivity index (χ2v) is 6.04. The Labute approximate surface area is 158 Å². The van der Waals surface area contributed by atoms with Crippen molar-refractivity contribution in [3.05, 3.63) is 23.2 Å². The van der Waals surface area contributed by atoms with E-state index in [2.05, 4.69) is 20.1 Å². The van der Waals surface area contributed by atoms with Crippen molar-refractivity contribution in [1.29, 1.82) is 0 Å². The van der Waals surface area contributed by atoms with E-state index >= 15 is 0 Å². The summed E-state index contributed by atoms with van der Waals surface area (Å²) in [5.41, 5.74) is 0.276. The molecule has 1 aromatic carbocycles. The molecule has 1 saturated heterocycles. The molecular formula is C16H18ClF2N3O5. The minimum atomic E-state index is -3.01. The first-order valence-corrected chi connectivity index (χ1v) is 8.30. The normalized spacial score (nSPS) is 17.4. The Morgan fingerprint density at radius 1 is 1.44 bits per heavy atom. The van der Waals surface area contributed by atoms with Gasteiger partial charge in [-0.25, -0.2) is 0 Å². The van der Waals surface area contributed by atoms with E-state index in [9.17, 15) is 23.2 Å². The van der Waals surface area contributed by atoms with Crippen molar-refractivity contribution < 1.29 is 32.6 Å². The van der Waals surface area contributed by atoms with Gasteiger partial charge in [0.25, 0.3) is 0 Å². The van der Waals surface area contributed by atoms with Crippen LogP contribution in [0.25, 0.3) is 0 Å². The lowest BCUT2D eigenvalue weighted by Gasteiger charge is -2.33. The van der Waals surface area contributed by atoms with Crippen molar-refractivity contribution >= 4 is 35.1 Å². The first kappa shape index (κ1) is 20.8. The predicted octanol–water partition coefficient (Wildman–Crippen LogP) is 1.24. The van der Waals surface area contributed by atoms with E-state index in [1.54, 1.807) is 4.90 Å². The van der Waals surface area contributed by atoms with Crippen LogP contribution in [0.3, 0.4) is 0 Å². The molecule has 0 aromatic heterocycles. The quantitative estimate of drug-likeness (QED) is 0.663. The van der Waals surface area contributed by atoms with Crippen molar-refractivity contribution in [1.82, 2.24) is 10.2 Å². The number of carbonyl (C=O) groups is 3. The highest BCUT2D eigenvalue weighted by atomic mass is 35.5.